The molecule has 0 amide bonds. The third kappa shape index (κ3) is 6.25. The number of fused-ring (bicyclic) bond motifs is 1. The Morgan fingerprint density at radius 1 is 1.03 bits per heavy atom. The Hall–Kier alpha value is -2.49. The Bertz CT molecular complexity index is 878. The van der Waals surface area contributed by atoms with Crippen molar-refractivity contribution in [3.05, 3.63) is 82.4 Å². The number of benzene rings is 2. The van der Waals surface area contributed by atoms with Gasteiger partial charge in [0.05, 0.1) is 6.54 Å². The molecular formula is C26H32N2O. The van der Waals surface area contributed by atoms with E-state index >= 15 is 0 Å². The molecule has 0 bridgehead atoms. The minimum absolute atomic E-state index is 0.113. The summed E-state index contributed by atoms with van der Waals surface area (Å²) in [5, 5.41) is 6.69. The summed E-state index contributed by atoms with van der Waals surface area (Å²) in [4.78, 5) is 11.8. The maximum atomic E-state index is 11.8. The molecule has 0 saturated carbocycles. The largest absolute Gasteiger partial charge is 0.312 e. The molecule has 3 rings (SSSR count). The second-order valence-electron chi connectivity index (χ2n) is 7.74. The van der Waals surface area contributed by atoms with Crippen molar-refractivity contribution in [2.24, 2.45) is 0 Å². The van der Waals surface area contributed by atoms with Gasteiger partial charge in [-0.15, -0.1) is 0 Å². The van der Waals surface area contributed by atoms with Gasteiger partial charge in [-0.05, 0) is 73.2 Å². The molecule has 2 aromatic rings. The number of allylic oxidation sites excluding steroid dienone is 1. The molecule has 3 nitrogen and oxygen atoms in total. The zero-order valence-electron chi connectivity index (χ0n) is 17.6. The topological polar surface area (TPSA) is 41.1 Å². The van der Waals surface area contributed by atoms with Crippen LogP contribution in [0.25, 0.3) is 11.6 Å². The number of hydrogen-bond donors (Lipinski definition) is 2. The van der Waals surface area contributed by atoms with Crippen LogP contribution in [0.2, 0.25) is 0 Å². The van der Waals surface area contributed by atoms with Crippen LogP contribution in [0.15, 0.2) is 60.2 Å². The van der Waals surface area contributed by atoms with Gasteiger partial charge in [-0.3, -0.25) is 4.79 Å². The highest BCUT2D eigenvalue weighted by atomic mass is 16.1. The molecule has 2 N–H and O–H groups in total. The molecule has 0 saturated heterocycles. The number of hydrogen-bond acceptors (Lipinski definition) is 3. The van der Waals surface area contributed by atoms with Crippen molar-refractivity contribution >= 4 is 17.4 Å². The molecule has 1 aliphatic carbocycles. The van der Waals surface area contributed by atoms with Crippen LogP contribution in [0.4, 0.5) is 0 Å². The number of carbonyl (C=O) groups excluding carboxylic acids is 1. The summed E-state index contributed by atoms with van der Waals surface area (Å²) in [6.07, 6.45) is 6.75. The SMILES string of the molecule is CCCNCC(=O)/C=C/c1ccc(CNCCC2=C(C)Cc3ccccc32)cc1. The van der Waals surface area contributed by atoms with E-state index < -0.39 is 0 Å². The van der Waals surface area contributed by atoms with E-state index in [9.17, 15) is 4.79 Å². The summed E-state index contributed by atoms with van der Waals surface area (Å²) in [6.45, 7) is 7.47. The summed E-state index contributed by atoms with van der Waals surface area (Å²) in [5.74, 6) is 0.113. The molecule has 0 fully saturated rings. The van der Waals surface area contributed by atoms with E-state index in [-0.39, 0.29) is 5.78 Å². The number of carbonyl (C=O) groups is 1. The first kappa shape index (κ1) is 21.2. The summed E-state index contributed by atoms with van der Waals surface area (Å²) in [5.41, 5.74) is 8.22. The van der Waals surface area contributed by atoms with Crippen molar-refractivity contribution in [2.75, 3.05) is 19.6 Å². The molecule has 0 aliphatic heterocycles. The van der Waals surface area contributed by atoms with Gasteiger partial charge in [0, 0.05) is 6.54 Å². The predicted molar refractivity (Wildman–Crippen MR) is 123 cm³/mol. The molecule has 2 aromatic carbocycles. The molecule has 152 valence electrons. The van der Waals surface area contributed by atoms with Gasteiger partial charge in [0.1, 0.15) is 0 Å². The number of rotatable bonds is 11. The van der Waals surface area contributed by atoms with Crippen LogP contribution in [-0.2, 0) is 17.8 Å². The van der Waals surface area contributed by atoms with E-state index in [2.05, 4.69) is 73.0 Å². The lowest BCUT2D eigenvalue weighted by atomic mass is 10.0. The fraction of sp³-hybridized carbons (Fsp3) is 0.346. The highest BCUT2D eigenvalue weighted by molar-refractivity contribution is 5.95. The Labute approximate surface area is 174 Å². The van der Waals surface area contributed by atoms with Crippen molar-refractivity contribution in [1.29, 1.82) is 0 Å². The average molecular weight is 389 g/mol. The second kappa shape index (κ2) is 10.9. The lowest BCUT2D eigenvalue weighted by molar-refractivity contribution is -0.113. The van der Waals surface area contributed by atoms with Crippen LogP contribution < -0.4 is 10.6 Å². The van der Waals surface area contributed by atoms with Crippen molar-refractivity contribution in [3.63, 3.8) is 0 Å². The van der Waals surface area contributed by atoms with Crippen molar-refractivity contribution in [2.45, 2.75) is 39.7 Å². The molecule has 29 heavy (non-hydrogen) atoms. The summed E-state index contributed by atoms with van der Waals surface area (Å²) >= 11 is 0. The van der Waals surface area contributed by atoms with Crippen molar-refractivity contribution < 1.29 is 4.79 Å². The average Bonchev–Trinajstić information content (AvgIpc) is 3.06. The molecule has 1 aliphatic rings. The van der Waals surface area contributed by atoms with E-state index in [0.717, 1.165) is 44.5 Å². The molecule has 0 heterocycles. The molecule has 0 radical (unpaired) electrons. The van der Waals surface area contributed by atoms with Crippen molar-refractivity contribution in [3.8, 4) is 0 Å². The van der Waals surface area contributed by atoms with Crippen molar-refractivity contribution in [1.82, 2.24) is 10.6 Å². The predicted octanol–water partition coefficient (Wildman–Crippen LogP) is 4.78. The first-order valence-corrected chi connectivity index (χ1v) is 10.7. The number of ketones is 1. The Kier molecular flexibility index (Phi) is 7.97. The summed E-state index contributed by atoms with van der Waals surface area (Å²) in [7, 11) is 0. The van der Waals surface area contributed by atoms with Crippen LogP contribution in [-0.4, -0.2) is 25.4 Å². The van der Waals surface area contributed by atoms with Crippen LogP contribution >= 0.6 is 0 Å². The van der Waals surface area contributed by atoms with Gasteiger partial charge < -0.3 is 10.6 Å². The van der Waals surface area contributed by atoms with E-state index in [1.807, 2.05) is 6.08 Å². The quantitative estimate of drug-likeness (QED) is 0.430. The molecule has 3 heteroatoms. The highest BCUT2D eigenvalue weighted by Crippen LogP contribution is 2.34. The van der Waals surface area contributed by atoms with Crippen LogP contribution in [0.1, 0.15) is 48.9 Å². The standard InChI is InChI=1S/C26H32N2O/c1-3-15-27-19-24(29)13-12-21-8-10-22(11-9-21)18-28-16-14-25-20(2)17-23-6-4-5-7-26(23)25/h4-13,27-28H,3,14-19H2,1-2H3/b13-12+. The minimum atomic E-state index is 0.113. The zero-order valence-corrected chi connectivity index (χ0v) is 17.6. The van der Waals surface area contributed by atoms with Gasteiger partial charge in [0.2, 0.25) is 0 Å². The van der Waals surface area contributed by atoms with Gasteiger partial charge >= 0.3 is 0 Å². The number of nitrogens with one attached hydrogen (secondary N) is 2. The monoisotopic (exact) mass is 388 g/mol. The first-order chi connectivity index (χ1) is 14.2. The Morgan fingerprint density at radius 2 is 1.83 bits per heavy atom. The van der Waals surface area contributed by atoms with Crippen LogP contribution in [0, 0.1) is 0 Å². The third-order valence-corrected chi connectivity index (χ3v) is 5.36. The lowest BCUT2D eigenvalue weighted by Gasteiger charge is -2.09. The Morgan fingerprint density at radius 3 is 2.62 bits per heavy atom. The first-order valence-electron chi connectivity index (χ1n) is 10.7. The molecular weight excluding hydrogens is 356 g/mol. The van der Waals surface area contributed by atoms with Gasteiger partial charge in [-0.25, -0.2) is 0 Å². The fourth-order valence-electron chi connectivity index (χ4n) is 3.77. The van der Waals surface area contributed by atoms with Crippen LogP contribution in [0.5, 0.6) is 0 Å². The maximum absolute atomic E-state index is 11.8. The van der Waals surface area contributed by atoms with E-state index in [0.29, 0.717) is 6.54 Å². The normalized spacial score (nSPS) is 13.3. The summed E-state index contributed by atoms with van der Waals surface area (Å²) < 4.78 is 0. The van der Waals surface area contributed by atoms with Gasteiger partial charge in [0.25, 0.3) is 0 Å². The minimum Gasteiger partial charge on any atom is -0.312 e. The maximum Gasteiger partial charge on any atom is 0.169 e. The van der Waals surface area contributed by atoms with Gasteiger partial charge in [0.15, 0.2) is 5.78 Å². The molecule has 0 aromatic heterocycles. The van der Waals surface area contributed by atoms with Crippen LogP contribution in [0.3, 0.4) is 0 Å². The lowest BCUT2D eigenvalue weighted by Crippen LogP contribution is -2.22. The third-order valence-electron chi connectivity index (χ3n) is 5.36. The van der Waals surface area contributed by atoms with E-state index in [1.165, 1.54) is 27.8 Å². The second-order valence-corrected chi connectivity index (χ2v) is 7.74. The molecule has 0 unspecified atom stereocenters. The summed E-state index contributed by atoms with van der Waals surface area (Å²) in [6, 6.07) is 17.1. The zero-order chi connectivity index (χ0) is 20.5. The van der Waals surface area contributed by atoms with Gasteiger partial charge in [-0.2, -0.15) is 0 Å². The molecule has 0 spiro atoms. The van der Waals surface area contributed by atoms with E-state index in [1.54, 1.807) is 6.08 Å². The molecule has 0 atom stereocenters. The van der Waals surface area contributed by atoms with Gasteiger partial charge in [-0.1, -0.05) is 67.1 Å². The Balaban J connectivity index is 1.42. The smallest absolute Gasteiger partial charge is 0.169 e. The highest BCUT2D eigenvalue weighted by Gasteiger charge is 2.17. The fourth-order valence-corrected chi connectivity index (χ4v) is 3.77. The van der Waals surface area contributed by atoms with E-state index in [4.69, 9.17) is 0 Å².